The molecule has 12 nitrogen and oxygen atoms in total. The number of aliphatic carboxylic acids is 1. The van der Waals surface area contributed by atoms with Crippen molar-refractivity contribution in [3.05, 3.63) is 112 Å². The molecule has 0 bridgehead atoms. The first-order valence-corrected chi connectivity index (χ1v) is 16.7. The molecule has 0 radical (unpaired) electrons. The maximum atomic E-state index is 14.1. The quantitative estimate of drug-likeness (QED) is 0.143. The van der Waals surface area contributed by atoms with Gasteiger partial charge in [-0.1, -0.05) is 103 Å². The Balaban J connectivity index is 1.35. The van der Waals surface area contributed by atoms with E-state index in [1.54, 1.807) is 42.6 Å². The van der Waals surface area contributed by atoms with Crippen molar-refractivity contribution in [1.82, 2.24) is 15.6 Å². The van der Waals surface area contributed by atoms with E-state index >= 15 is 0 Å². The number of carboxylic acids is 1. The second-order valence-corrected chi connectivity index (χ2v) is 13.2. The lowest BCUT2D eigenvalue weighted by Gasteiger charge is -2.29. The number of halogens is 2. The summed E-state index contributed by atoms with van der Waals surface area (Å²) in [6.07, 6.45) is 0.691. The number of hydrogen-bond acceptors (Lipinski definition) is 9. The molecule has 1 unspecified atom stereocenters. The van der Waals surface area contributed by atoms with Gasteiger partial charge in [-0.15, -0.1) is 0 Å². The minimum atomic E-state index is -1.73. The van der Waals surface area contributed by atoms with Crippen LogP contribution < -0.4 is 10.6 Å². The summed E-state index contributed by atoms with van der Waals surface area (Å²) in [5.41, 5.74) is -0.645. The number of nitrogens with one attached hydrogen (secondary N) is 2. The number of Topliss-reactive ketones (excluding diaryl/α,β-unsaturated/α-hetero) is 1. The highest BCUT2D eigenvalue weighted by molar-refractivity contribution is 6.39. The number of ether oxygens (including phenoxy) is 1. The molecular weight excluding hydrogens is 699 g/mol. The van der Waals surface area contributed by atoms with Gasteiger partial charge in [0, 0.05) is 24.4 Å². The van der Waals surface area contributed by atoms with Crippen LogP contribution in [0.5, 0.6) is 0 Å². The molecule has 0 saturated heterocycles. The number of amides is 2. The van der Waals surface area contributed by atoms with E-state index in [0.717, 1.165) is 10.8 Å². The summed E-state index contributed by atoms with van der Waals surface area (Å²) in [6.45, 7) is 2.87. The zero-order chi connectivity index (χ0) is 36.7. The molecule has 51 heavy (non-hydrogen) atoms. The van der Waals surface area contributed by atoms with Gasteiger partial charge in [-0.3, -0.25) is 24.2 Å². The number of aromatic nitrogens is 1. The molecule has 4 aromatic rings. The molecule has 1 aromatic heterocycles. The minimum absolute atomic E-state index is 0.00297. The highest BCUT2D eigenvalue weighted by atomic mass is 35.5. The Morgan fingerprint density at radius 3 is 2.25 bits per heavy atom. The molecule has 0 aliphatic carbocycles. The Bertz CT molecular complexity index is 1980. The fraction of sp³-hybridized carbons (Fsp3) is 0.270. The molecule has 2 heterocycles. The third kappa shape index (κ3) is 8.89. The Labute approximate surface area is 303 Å². The average Bonchev–Trinajstić information content (AvgIpc) is 3.53. The van der Waals surface area contributed by atoms with Crippen molar-refractivity contribution >= 4 is 69.2 Å². The SMILES string of the molecule is CC(C)[C@H](NC(=O)c1cc2ccccc2cn1)C1=NOC(Cc2ccccc2)(C(=O)N[C@@H](CC(=O)O)C(=O)COC(=O)c2c(Cl)cccc2Cl)C1. The largest absolute Gasteiger partial charge is 0.481 e. The van der Waals surface area contributed by atoms with Gasteiger partial charge in [-0.05, 0) is 35.1 Å². The van der Waals surface area contributed by atoms with Crippen LogP contribution in [-0.4, -0.2) is 69.6 Å². The topological polar surface area (TPSA) is 173 Å². The number of fused-ring (bicyclic) bond motifs is 1. The van der Waals surface area contributed by atoms with Gasteiger partial charge in [0.25, 0.3) is 11.8 Å². The van der Waals surface area contributed by atoms with Gasteiger partial charge in [-0.2, -0.15) is 0 Å². The molecule has 3 aromatic carbocycles. The van der Waals surface area contributed by atoms with Crippen molar-refractivity contribution < 1.29 is 38.7 Å². The Morgan fingerprint density at radius 2 is 1.59 bits per heavy atom. The van der Waals surface area contributed by atoms with Crippen LogP contribution in [0, 0.1) is 5.92 Å². The van der Waals surface area contributed by atoms with Crippen LogP contribution in [0.1, 0.15) is 53.1 Å². The van der Waals surface area contributed by atoms with E-state index in [9.17, 15) is 29.1 Å². The first kappa shape index (κ1) is 36.9. The van der Waals surface area contributed by atoms with Gasteiger partial charge in [0.2, 0.25) is 5.60 Å². The van der Waals surface area contributed by atoms with Crippen LogP contribution in [0.2, 0.25) is 10.0 Å². The van der Waals surface area contributed by atoms with E-state index in [1.807, 2.05) is 38.1 Å². The van der Waals surface area contributed by atoms with Crippen LogP contribution in [0.4, 0.5) is 0 Å². The van der Waals surface area contributed by atoms with E-state index in [0.29, 0.717) is 11.3 Å². The maximum absolute atomic E-state index is 14.1. The van der Waals surface area contributed by atoms with E-state index < -0.39 is 60.2 Å². The lowest BCUT2D eigenvalue weighted by atomic mass is 9.84. The number of oxime groups is 1. The third-order valence-corrected chi connectivity index (χ3v) is 8.94. The summed E-state index contributed by atoms with van der Waals surface area (Å²) >= 11 is 12.1. The van der Waals surface area contributed by atoms with E-state index in [4.69, 9.17) is 32.8 Å². The molecule has 1 aliphatic rings. The summed E-state index contributed by atoms with van der Waals surface area (Å²) < 4.78 is 5.11. The van der Waals surface area contributed by atoms with Crippen LogP contribution in [0.3, 0.4) is 0 Å². The summed E-state index contributed by atoms with van der Waals surface area (Å²) in [4.78, 5) is 75.5. The number of pyridine rings is 1. The number of benzene rings is 3. The minimum Gasteiger partial charge on any atom is -0.481 e. The standard InChI is InChI=1S/C37H34Cl2N4O8/c1-21(2)33(42-34(47)28-15-23-11-6-7-12-24(23)19-40-28)29-18-37(51-43-29,17-22-9-4-3-5-10-22)36(49)41-27(16-31(45)46)30(44)20-50-35(48)32-25(38)13-8-14-26(32)39/h3-15,19,21,27,33H,16-18,20H2,1-2H3,(H,41,49)(H,42,47)(H,45,46)/t27-,33-,37?/m0/s1. The van der Waals surface area contributed by atoms with Gasteiger partial charge < -0.3 is 25.3 Å². The second kappa shape index (κ2) is 16.1. The molecule has 1 aliphatic heterocycles. The summed E-state index contributed by atoms with van der Waals surface area (Å²) in [5, 5.41) is 21.1. The van der Waals surface area contributed by atoms with Crippen molar-refractivity contribution in [3.63, 3.8) is 0 Å². The fourth-order valence-electron chi connectivity index (χ4n) is 5.66. The molecule has 0 spiro atoms. The molecule has 264 valence electrons. The number of hydrogen-bond donors (Lipinski definition) is 3. The number of rotatable bonds is 14. The molecule has 3 atom stereocenters. The number of ketones is 1. The van der Waals surface area contributed by atoms with Gasteiger partial charge >= 0.3 is 11.9 Å². The first-order chi connectivity index (χ1) is 24.4. The van der Waals surface area contributed by atoms with Crippen molar-refractivity contribution in [2.45, 2.75) is 50.8 Å². The predicted molar refractivity (Wildman–Crippen MR) is 190 cm³/mol. The number of carboxylic acid groups (broad SMARTS) is 1. The number of carbonyl (C=O) groups excluding carboxylic acids is 4. The molecule has 0 fully saturated rings. The Morgan fingerprint density at radius 1 is 0.922 bits per heavy atom. The van der Waals surface area contributed by atoms with E-state index in [1.165, 1.54) is 18.2 Å². The average molecular weight is 734 g/mol. The molecule has 3 N–H and O–H groups in total. The predicted octanol–water partition coefficient (Wildman–Crippen LogP) is 5.44. The zero-order valence-electron chi connectivity index (χ0n) is 27.6. The van der Waals surface area contributed by atoms with Crippen LogP contribution in [0.15, 0.2) is 90.2 Å². The van der Waals surface area contributed by atoms with Gasteiger partial charge in [0.15, 0.2) is 12.4 Å². The fourth-order valence-corrected chi connectivity index (χ4v) is 6.21. The second-order valence-electron chi connectivity index (χ2n) is 12.4. The van der Waals surface area contributed by atoms with Gasteiger partial charge in [0.05, 0.1) is 33.8 Å². The summed E-state index contributed by atoms with van der Waals surface area (Å²) in [7, 11) is 0. The molecule has 5 rings (SSSR count). The normalized spacial score (nSPS) is 16.5. The monoisotopic (exact) mass is 732 g/mol. The van der Waals surface area contributed by atoms with Crippen molar-refractivity contribution in [2.75, 3.05) is 6.61 Å². The van der Waals surface area contributed by atoms with Crippen LogP contribution in [0.25, 0.3) is 10.8 Å². The van der Waals surface area contributed by atoms with Crippen LogP contribution >= 0.6 is 23.2 Å². The lowest BCUT2D eigenvalue weighted by Crippen LogP contribution is -2.55. The highest BCUT2D eigenvalue weighted by Gasteiger charge is 2.49. The third-order valence-electron chi connectivity index (χ3n) is 8.31. The maximum Gasteiger partial charge on any atom is 0.341 e. The Hall–Kier alpha value is -5.33. The van der Waals surface area contributed by atoms with Crippen LogP contribution in [-0.2, 0) is 30.4 Å². The van der Waals surface area contributed by atoms with Gasteiger partial charge in [-0.25, -0.2) is 4.79 Å². The highest BCUT2D eigenvalue weighted by Crippen LogP contribution is 2.32. The van der Waals surface area contributed by atoms with Crippen molar-refractivity contribution in [3.8, 4) is 0 Å². The number of nitrogens with zero attached hydrogens (tertiary/aromatic N) is 2. The smallest absolute Gasteiger partial charge is 0.341 e. The summed E-state index contributed by atoms with van der Waals surface area (Å²) in [5.74, 6) is -4.76. The van der Waals surface area contributed by atoms with E-state index in [2.05, 4.69) is 20.8 Å². The molecule has 14 heteroatoms. The number of carbonyl (C=O) groups is 5. The molecular formula is C37H34Cl2N4O8. The first-order valence-electron chi connectivity index (χ1n) is 16.0. The molecule has 2 amide bonds. The van der Waals surface area contributed by atoms with Crippen molar-refractivity contribution in [2.24, 2.45) is 11.1 Å². The van der Waals surface area contributed by atoms with Crippen molar-refractivity contribution in [1.29, 1.82) is 0 Å². The summed E-state index contributed by atoms with van der Waals surface area (Å²) in [6, 6.07) is 20.2. The Kier molecular flexibility index (Phi) is 11.7. The van der Waals surface area contributed by atoms with Gasteiger partial charge in [0.1, 0.15) is 11.7 Å². The molecule has 0 saturated carbocycles. The van der Waals surface area contributed by atoms with E-state index in [-0.39, 0.29) is 40.1 Å². The lowest BCUT2D eigenvalue weighted by molar-refractivity contribution is -0.148. The zero-order valence-corrected chi connectivity index (χ0v) is 29.1. The number of esters is 1.